The number of carbonyl (C=O) groups is 3. The summed E-state index contributed by atoms with van der Waals surface area (Å²) in [4.78, 5) is 58.6. The van der Waals surface area contributed by atoms with E-state index in [4.69, 9.17) is 15.5 Å². The molecular formula is C38H46N8O4. The van der Waals surface area contributed by atoms with Crippen LogP contribution in [0.1, 0.15) is 88.1 Å². The Labute approximate surface area is 292 Å². The zero-order valence-corrected chi connectivity index (χ0v) is 29.3. The van der Waals surface area contributed by atoms with Crippen molar-refractivity contribution in [2.45, 2.75) is 77.5 Å². The number of aromatic nitrogens is 4. The van der Waals surface area contributed by atoms with Gasteiger partial charge < -0.3 is 35.6 Å². The van der Waals surface area contributed by atoms with Crippen LogP contribution < -0.4 is 11.1 Å². The lowest BCUT2D eigenvalue weighted by Gasteiger charge is -2.29. The van der Waals surface area contributed by atoms with Crippen LogP contribution in [0.3, 0.4) is 0 Å². The zero-order valence-electron chi connectivity index (χ0n) is 29.3. The second-order valence-corrected chi connectivity index (χ2v) is 13.9. The second-order valence-electron chi connectivity index (χ2n) is 13.9. The van der Waals surface area contributed by atoms with Gasteiger partial charge in [-0.1, -0.05) is 51.7 Å². The number of H-pyrrole nitrogens is 2. The molecule has 0 bridgehead atoms. The minimum absolute atomic E-state index is 0.0285. The van der Waals surface area contributed by atoms with Gasteiger partial charge in [-0.25, -0.2) is 14.8 Å². The second kappa shape index (κ2) is 14.8. The van der Waals surface area contributed by atoms with E-state index in [1.807, 2.05) is 75.1 Å². The first-order valence-corrected chi connectivity index (χ1v) is 17.4. The standard InChI is InChI=1S/C38H46N8O4/c1-22(2)31(39)36(47)45-17-7-11-29(45)34-33(40-21-41-34)26-10-6-9-24(19-26)13-14-25-15-16-27-28(20-25)43-35(42-27)30-12-8-18-46(30)37(48)32(23(3)4)44-38(49)50-5/h6,9-10,15-16,19-23,29-32H,7-8,11-12,17-18,39H2,1-5H3,(H,40,41)(H,42,43)(H,44,49)/t29-,30-,31-,32-/m0/s1. The third-order valence-corrected chi connectivity index (χ3v) is 9.77. The van der Waals surface area contributed by atoms with Crippen LogP contribution in [0.5, 0.6) is 0 Å². The van der Waals surface area contributed by atoms with E-state index in [0.29, 0.717) is 18.9 Å². The SMILES string of the molecule is COC(=O)N[C@H](C(=O)N1CCC[C@H]1c1nc2ccc(C#Cc3cccc(-c4[nH]cnc4[C@@H]4CCCN4C(=O)[C@@H](N)C(C)C)c3)cc2[nH]1)C(C)C. The molecule has 2 aliphatic rings. The van der Waals surface area contributed by atoms with Gasteiger partial charge in [0.05, 0.1) is 54.0 Å². The molecule has 2 fully saturated rings. The van der Waals surface area contributed by atoms with Gasteiger partial charge in [0.2, 0.25) is 11.8 Å². The first kappa shape index (κ1) is 34.7. The number of amides is 3. The minimum Gasteiger partial charge on any atom is -0.453 e. The number of nitrogens with one attached hydrogen (secondary N) is 3. The number of benzene rings is 2. The normalized spacial score (nSPS) is 18.7. The number of ether oxygens (including phenoxy) is 1. The summed E-state index contributed by atoms with van der Waals surface area (Å²) < 4.78 is 4.75. The molecule has 5 N–H and O–H groups in total. The molecule has 0 aliphatic carbocycles. The van der Waals surface area contributed by atoms with E-state index in [9.17, 15) is 14.4 Å². The van der Waals surface area contributed by atoms with Crippen LogP contribution in [0.4, 0.5) is 4.79 Å². The lowest BCUT2D eigenvalue weighted by molar-refractivity contribution is -0.136. The van der Waals surface area contributed by atoms with E-state index in [2.05, 4.69) is 32.1 Å². The maximum atomic E-state index is 13.6. The van der Waals surface area contributed by atoms with Crippen molar-refractivity contribution in [3.05, 3.63) is 71.4 Å². The van der Waals surface area contributed by atoms with Crippen molar-refractivity contribution in [2.75, 3.05) is 20.2 Å². The van der Waals surface area contributed by atoms with Gasteiger partial charge in [-0.3, -0.25) is 9.59 Å². The van der Waals surface area contributed by atoms with Crippen LogP contribution >= 0.6 is 0 Å². The number of nitrogens with zero attached hydrogens (tertiary/aromatic N) is 4. The number of rotatable bonds is 8. The molecule has 4 aromatic rings. The molecule has 0 radical (unpaired) electrons. The number of aromatic amines is 2. The molecule has 2 aliphatic heterocycles. The van der Waals surface area contributed by atoms with Crippen molar-refractivity contribution in [3.63, 3.8) is 0 Å². The fourth-order valence-corrected chi connectivity index (χ4v) is 6.93. The maximum absolute atomic E-state index is 13.6. The number of alkyl carbamates (subject to hydrolysis) is 1. The summed E-state index contributed by atoms with van der Waals surface area (Å²) in [5.41, 5.74) is 12.2. The van der Waals surface area contributed by atoms with Gasteiger partial charge in [-0.2, -0.15) is 0 Å². The van der Waals surface area contributed by atoms with E-state index >= 15 is 0 Å². The van der Waals surface area contributed by atoms with Gasteiger partial charge in [-0.05, 0) is 67.9 Å². The Kier molecular flexibility index (Phi) is 10.2. The van der Waals surface area contributed by atoms with Crippen LogP contribution in [0.2, 0.25) is 0 Å². The molecule has 4 heterocycles. The molecule has 2 aromatic carbocycles. The van der Waals surface area contributed by atoms with Crippen LogP contribution in [-0.2, 0) is 14.3 Å². The lowest BCUT2D eigenvalue weighted by atomic mass is 10.0. The van der Waals surface area contributed by atoms with Crippen LogP contribution in [-0.4, -0.2) is 79.9 Å². The molecule has 6 rings (SSSR count). The Morgan fingerprint density at radius 2 is 1.64 bits per heavy atom. The van der Waals surface area contributed by atoms with Crippen molar-refractivity contribution < 1.29 is 19.1 Å². The highest BCUT2D eigenvalue weighted by atomic mass is 16.5. The van der Waals surface area contributed by atoms with E-state index in [0.717, 1.165) is 64.8 Å². The Balaban J connectivity index is 1.20. The molecule has 50 heavy (non-hydrogen) atoms. The lowest BCUT2D eigenvalue weighted by Crippen LogP contribution is -2.51. The molecule has 12 heteroatoms. The van der Waals surface area contributed by atoms with E-state index in [1.165, 1.54) is 7.11 Å². The number of hydrogen-bond donors (Lipinski definition) is 4. The monoisotopic (exact) mass is 678 g/mol. The number of imidazole rings is 2. The Bertz CT molecular complexity index is 1930. The summed E-state index contributed by atoms with van der Waals surface area (Å²) in [6, 6.07) is 12.3. The van der Waals surface area contributed by atoms with E-state index in [1.54, 1.807) is 11.2 Å². The summed E-state index contributed by atoms with van der Waals surface area (Å²) in [5.74, 6) is 7.09. The molecule has 4 atom stereocenters. The smallest absolute Gasteiger partial charge is 0.407 e. The zero-order chi connectivity index (χ0) is 35.5. The third-order valence-electron chi connectivity index (χ3n) is 9.77. The molecule has 0 saturated carbocycles. The first-order chi connectivity index (χ1) is 24.0. The van der Waals surface area contributed by atoms with Crippen molar-refractivity contribution in [1.82, 2.24) is 35.1 Å². The number of likely N-dealkylation sites (tertiary alicyclic amines) is 2. The average molecular weight is 679 g/mol. The average Bonchev–Trinajstić information content (AvgIpc) is 3.94. The summed E-state index contributed by atoms with van der Waals surface area (Å²) in [6.07, 6.45) is 4.42. The van der Waals surface area contributed by atoms with Crippen molar-refractivity contribution in [3.8, 4) is 23.1 Å². The quantitative estimate of drug-likeness (QED) is 0.190. The highest BCUT2D eigenvalue weighted by Crippen LogP contribution is 2.37. The van der Waals surface area contributed by atoms with Crippen LogP contribution in [0.25, 0.3) is 22.3 Å². The minimum atomic E-state index is -0.692. The third kappa shape index (κ3) is 7.09. The Morgan fingerprint density at radius 1 is 0.940 bits per heavy atom. The molecule has 0 unspecified atom stereocenters. The van der Waals surface area contributed by atoms with Gasteiger partial charge in [0.15, 0.2) is 0 Å². The highest BCUT2D eigenvalue weighted by molar-refractivity contribution is 5.87. The highest BCUT2D eigenvalue weighted by Gasteiger charge is 2.38. The Morgan fingerprint density at radius 3 is 2.34 bits per heavy atom. The molecule has 2 saturated heterocycles. The molecule has 2 aromatic heterocycles. The number of nitrogens with two attached hydrogens (primary N) is 1. The van der Waals surface area contributed by atoms with Crippen molar-refractivity contribution >= 4 is 28.9 Å². The molecule has 262 valence electrons. The van der Waals surface area contributed by atoms with Crippen molar-refractivity contribution in [1.29, 1.82) is 0 Å². The van der Waals surface area contributed by atoms with Gasteiger partial charge in [0.1, 0.15) is 11.9 Å². The predicted molar refractivity (Wildman–Crippen MR) is 190 cm³/mol. The number of methoxy groups -OCH3 is 1. The fraction of sp³-hybridized carbons (Fsp3) is 0.447. The van der Waals surface area contributed by atoms with E-state index < -0.39 is 18.2 Å². The summed E-state index contributed by atoms with van der Waals surface area (Å²) in [7, 11) is 1.29. The summed E-state index contributed by atoms with van der Waals surface area (Å²) in [6.45, 7) is 9.00. The Hall–Kier alpha value is -5.15. The van der Waals surface area contributed by atoms with Gasteiger partial charge >= 0.3 is 6.09 Å². The van der Waals surface area contributed by atoms with Gasteiger partial charge in [0, 0.05) is 29.8 Å². The largest absolute Gasteiger partial charge is 0.453 e. The molecule has 12 nitrogen and oxygen atoms in total. The summed E-state index contributed by atoms with van der Waals surface area (Å²) >= 11 is 0. The molecule has 0 spiro atoms. The molecular weight excluding hydrogens is 632 g/mol. The maximum Gasteiger partial charge on any atom is 0.407 e. The van der Waals surface area contributed by atoms with Gasteiger partial charge in [-0.15, -0.1) is 0 Å². The topological polar surface area (TPSA) is 162 Å². The van der Waals surface area contributed by atoms with Crippen LogP contribution in [0, 0.1) is 23.7 Å². The van der Waals surface area contributed by atoms with E-state index in [-0.39, 0.29) is 35.7 Å². The van der Waals surface area contributed by atoms with Crippen molar-refractivity contribution in [2.24, 2.45) is 17.6 Å². The number of hydrogen-bond acceptors (Lipinski definition) is 7. The first-order valence-electron chi connectivity index (χ1n) is 17.4. The number of fused-ring (bicyclic) bond motifs is 1. The van der Waals surface area contributed by atoms with Crippen LogP contribution in [0.15, 0.2) is 48.8 Å². The summed E-state index contributed by atoms with van der Waals surface area (Å²) in [5, 5.41) is 2.69. The predicted octanol–water partition coefficient (Wildman–Crippen LogP) is 5.04. The fourth-order valence-electron chi connectivity index (χ4n) is 6.93. The molecule has 3 amide bonds. The number of carbonyl (C=O) groups excluding carboxylic acids is 3. The van der Waals surface area contributed by atoms with Gasteiger partial charge in [0.25, 0.3) is 0 Å².